The molecule has 0 amide bonds. The van der Waals surface area contributed by atoms with E-state index in [9.17, 15) is 0 Å². The Morgan fingerprint density at radius 1 is 0.717 bits per heavy atom. The molecule has 8 rings (SSSR count). The Labute approximate surface area is 295 Å². The van der Waals surface area contributed by atoms with Crippen LogP contribution in [0.4, 0.5) is 0 Å². The minimum absolute atomic E-state index is 0. The number of pyridine rings is 3. The minimum Gasteiger partial charge on any atom is -0.497 e. The van der Waals surface area contributed by atoms with Gasteiger partial charge in [-0.25, -0.2) is 0 Å². The summed E-state index contributed by atoms with van der Waals surface area (Å²) in [5, 5.41) is 3.65. The molecule has 0 aliphatic rings. The van der Waals surface area contributed by atoms with Crippen LogP contribution in [0.15, 0.2) is 100 Å². The van der Waals surface area contributed by atoms with Crippen LogP contribution in [-0.2, 0) is 20.1 Å². The molecule has 0 spiro atoms. The van der Waals surface area contributed by atoms with Crippen LogP contribution in [0.2, 0.25) is 19.6 Å². The second kappa shape index (κ2) is 12.4. The molecule has 0 aliphatic heterocycles. The predicted molar refractivity (Wildman–Crippen MR) is 187 cm³/mol. The monoisotopic (exact) mass is 805 g/mol. The van der Waals surface area contributed by atoms with Crippen molar-refractivity contribution in [3.63, 3.8) is 0 Å². The van der Waals surface area contributed by atoms with Crippen LogP contribution in [-0.4, -0.2) is 23.0 Å². The van der Waals surface area contributed by atoms with E-state index in [1.165, 1.54) is 5.19 Å². The van der Waals surface area contributed by atoms with Crippen LogP contribution >= 0.6 is 0 Å². The van der Waals surface area contributed by atoms with E-state index in [4.69, 9.17) is 21.2 Å². The number of aromatic nitrogens is 3. The van der Waals surface area contributed by atoms with Crippen molar-refractivity contribution in [2.45, 2.75) is 40.2 Å². The van der Waals surface area contributed by atoms with Gasteiger partial charge in [-0.3, -0.25) is 0 Å². The zero-order chi connectivity index (χ0) is 38.8. The van der Waals surface area contributed by atoms with E-state index in [0.717, 1.165) is 34.3 Å². The number of benzene rings is 3. The summed E-state index contributed by atoms with van der Waals surface area (Å²) in [6, 6.07) is 27.5. The molecule has 0 saturated heterocycles. The van der Waals surface area contributed by atoms with Crippen LogP contribution in [0.3, 0.4) is 0 Å². The molecule has 3 aromatic carbocycles. The largest absolute Gasteiger partial charge is 0.497 e. The Bertz CT molecular complexity index is 2660. The van der Waals surface area contributed by atoms with E-state index in [2.05, 4.69) is 59.0 Å². The average molecular weight is 805 g/mol. The third-order valence-electron chi connectivity index (χ3n) is 7.72. The summed E-state index contributed by atoms with van der Waals surface area (Å²) in [7, 11) is -1.23. The molecule has 5 nitrogen and oxygen atoms in total. The Morgan fingerprint density at radius 2 is 1.50 bits per heavy atom. The van der Waals surface area contributed by atoms with E-state index in [-0.39, 0.29) is 53.6 Å². The zero-order valence-corrected chi connectivity index (χ0v) is 28.5. The van der Waals surface area contributed by atoms with Crippen molar-refractivity contribution in [2.24, 2.45) is 0 Å². The first-order valence-electron chi connectivity index (χ1n) is 18.9. The van der Waals surface area contributed by atoms with E-state index in [1.807, 2.05) is 60.8 Å². The summed E-state index contributed by atoms with van der Waals surface area (Å²) < 4.78 is 83.2. The van der Waals surface area contributed by atoms with Crippen molar-refractivity contribution in [1.29, 1.82) is 0 Å². The Hall–Kier alpha value is -4.42. The van der Waals surface area contributed by atoms with Crippen LogP contribution in [0, 0.1) is 32.8 Å². The number of hydrogen-bond donors (Lipinski definition) is 0. The maximum absolute atomic E-state index is 8.04. The molecule has 8 aromatic rings. The van der Waals surface area contributed by atoms with Crippen molar-refractivity contribution in [3.8, 4) is 22.5 Å². The Balaban J connectivity index is 0.000000254. The third-order valence-corrected chi connectivity index (χ3v) is 9.75. The molecular formula is C39H33IrN3O2Si-2. The first-order valence-corrected chi connectivity index (χ1v) is 17.9. The number of nitrogens with zero attached hydrogens (tertiary/aromatic N) is 3. The smallest absolute Gasteiger partial charge is 0.177 e. The summed E-state index contributed by atoms with van der Waals surface area (Å²) in [6.45, 7) is -1.07. The molecule has 0 aliphatic carbocycles. The van der Waals surface area contributed by atoms with Crippen molar-refractivity contribution in [1.82, 2.24) is 15.0 Å². The summed E-state index contributed by atoms with van der Waals surface area (Å²) >= 11 is 0. The molecule has 7 heteroatoms. The predicted octanol–water partition coefficient (Wildman–Crippen LogP) is 9.76. The van der Waals surface area contributed by atoms with Gasteiger partial charge in [0.1, 0.15) is 5.58 Å². The standard InChI is InChI=1S/C25H17N2O2.C14H16NSi.Ir/c1-13-10-20(27-11-14(13)2)19-12-26-15(3)22-18-9-8-17-16-6-4-5-7-21(16)28-24(17)25(18)29-23(19)22;1-16(2,3)13-9-10-14(15-11-13)12-7-5-4-6-8-12;/h4-11H,1-3H3;4-7,9-11H,1-3H3;/q2*-1;/i1D3,2D3,3D3;;. The summed E-state index contributed by atoms with van der Waals surface area (Å²) in [5.74, 6) is 0. The molecule has 1 radical (unpaired) electrons. The van der Waals surface area contributed by atoms with Gasteiger partial charge in [0.15, 0.2) is 11.2 Å². The van der Waals surface area contributed by atoms with Crippen molar-refractivity contribution in [3.05, 3.63) is 120 Å². The van der Waals surface area contributed by atoms with E-state index in [0.29, 0.717) is 16.6 Å². The number of para-hydroxylation sites is 1. The quantitative estimate of drug-likeness (QED) is 0.132. The number of furan rings is 2. The second-order valence-corrected chi connectivity index (χ2v) is 16.8. The molecule has 0 bridgehead atoms. The van der Waals surface area contributed by atoms with Gasteiger partial charge in [0.05, 0.1) is 13.7 Å². The van der Waals surface area contributed by atoms with Crippen LogP contribution in [0.1, 0.15) is 29.2 Å². The molecule has 5 aromatic heterocycles. The first kappa shape index (κ1) is 22.2. The van der Waals surface area contributed by atoms with Crippen molar-refractivity contribution < 1.29 is 41.3 Å². The summed E-state index contributed by atoms with van der Waals surface area (Å²) in [4.78, 5) is 12.8. The number of hydrogen-bond acceptors (Lipinski definition) is 5. The molecule has 46 heavy (non-hydrogen) atoms. The van der Waals surface area contributed by atoms with Gasteiger partial charge in [0, 0.05) is 61.0 Å². The number of fused-ring (bicyclic) bond motifs is 7. The van der Waals surface area contributed by atoms with E-state index >= 15 is 0 Å². The van der Waals surface area contributed by atoms with Crippen molar-refractivity contribution >= 4 is 57.1 Å². The van der Waals surface area contributed by atoms with Gasteiger partial charge in [-0.15, -0.1) is 35.9 Å². The van der Waals surface area contributed by atoms with E-state index in [1.54, 1.807) is 6.07 Å². The van der Waals surface area contributed by atoms with Gasteiger partial charge >= 0.3 is 0 Å². The fourth-order valence-corrected chi connectivity index (χ4v) is 6.32. The molecule has 0 fully saturated rings. The van der Waals surface area contributed by atoms with Gasteiger partial charge in [-0.05, 0) is 65.3 Å². The van der Waals surface area contributed by atoms with Crippen LogP contribution in [0.5, 0.6) is 0 Å². The SMILES string of the molecule is C[Si](C)(C)c1ccc(-c2[c-]cccc2)nc1.[2H]C([2H])([2H])c1cnc(-c2[c-]nc(C([2H])([2H])[2H])c3c2oc2c3ccc3c4ccccc4oc32)cc1C([2H])([2H])[2H].[Ir]. The maximum Gasteiger partial charge on any atom is 0.177 e. The Kier molecular flexibility index (Phi) is 5.98. The van der Waals surface area contributed by atoms with Crippen molar-refractivity contribution in [2.75, 3.05) is 0 Å². The summed E-state index contributed by atoms with van der Waals surface area (Å²) in [6.07, 6.45) is 5.66. The topological polar surface area (TPSA) is 65.0 Å². The fourth-order valence-electron chi connectivity index (χ4n) is 5.28. The van der Waals surface area contributed by atoms with Crippen LogP contribution < -0.4 is 5.19 Å². The van der Waals surface area contributed by atoms with Crippen LogP contribution in [0.25, 0.3) is 66.4 Å². The molecule has 0 unspecified atom stereocenters. The molecule has 5 heterocycles. The van der Waals surface area contributed by atoms with E-state index < -0.39 is 39.8 Å². The number of aryl methyl sites for hydroxylation is 3. The number of rotatable bonds is 3. The molecule has 0 saturated carbocycles. The van der Waals surface area contributed by atoms with Gasteiger partial charge in [-0.1, -0.05) is 80.1 Å². The van der Waals surface area contributed by atoms with Gasteiger partial charge in [-0.2, -0.15) is 0 Å². The third kappa shape index (κ3) is 5.71. The molecule has 231 valence electrons. The second-order valence-electron chi connectivity index (χ2n) is 11.7. The van der Waals surface area contributed by atoms with Gasteiger partial charge in [0.25, 0.3) is 0 Å². The molecular weight excluding hydrogens is 763 g/mol. The Morgan fingerprint density at radius 3 is 2.24 bits per heavy atom. The zero-order valence-electron chi connectivity index (χ0n) is 34.2. The minimum atomic E-state index is -2.75. The normalized spacial score (nSPS) is 15.2. The maximum atomic E-state index is 8.04. The molecule has 0 N–H and O–H groups in total. The first-order chi connectivity index (χ1) is 25.3. The van der Waals surface area contributed by atoms with Gasteiger partial charge in [0.2, 0.25) is 0 Å². The summed E-state index contributed by atoms with van der Waals surface area (Å²) in [5.41, 5.74) is 2.52. The molecule has 0 atom stereocenters. The van der Waals surface area contributed by atoms with Gasteiger partial charge < -0.3 is 23.8 Å². The average Bonchev–Trinajstić information content (AvgIpc) is 3.69. The fraction of sp³-hybridized carbons (Fsp3) is 0.154.